The summed E-state index contributed by atoms with van der Waals surface area (Å²) in [5, 5.41) is -0.119. The summed E-state index contributed by atoms with van der Waals surface area (Å²) in [6, 6.07) is 1.09. The van der Waals surface area contributed by atoms with Crippen LogP contribution in [0.2, 0.25) is 6.04 Å². The van der Waals surface area contributed by atoms with Crippen LogP contribution in [0.25, 0.3) is 0 Å². The fourth-order valence-electron chi connectivity index (χ4n) is 3.77. The van der Waals surface area contributed by atoms with Gasteiger partial charge in [-0.1, -0.05) is 19.8 Å². The van der Waals surface area contributed by atoms with E-state index in [-0.39, 0.29) is 10.7 Å². The summed E-state index contributed by atoms with van der Waals surface area (Å²) < 4.78 is 33.6. The standard InChI is InChI=1S/C13H28O3Si.C6H10O3.H2O/c1-5-13(14-6-2)11-9-10-12-17(13,15-7-3)16-8-4;1(5-3-8-5)7-2-6-4-9-6;/h5-12H2,1-4H3;5-6H,1-4H2;1H2. The van der Waals surface area contributed by atoms with E-state index in [9.17, 15) is 0 Å². The Hall–Kier alpha value is -0.0631. The Labute approximate surface area is 165 Å². The second-order valence-electron chi connectivity index (χ2n) is 7.06. The molecular weight excluding hydrogens is 368 g/mol. The average molecular weight is 409 g/mol. The first-order chi connectivity index (χ1) is 12.6. The molecule has 3 atom stereocenters. The molecule has 0 amide bonds. The summed E-state index contributed by atoms with van der Waals surface area (Å²) >= 11 is 0. The van der Waals surface area contributed by atoms with Gasteiger partial charge in [0.05, 0.1) is 26.4 Å². The highest BCUT2D eigenvalue weighted by Crippen LogP contribution is 2.42. The molecule has 2 N–H and O–H groups in total. The minimum atomic E-state index is -2.21. The van der Waals surface area contributed by atoms with E-state index >= 15 is 0 Å². The lowest BCUT2D eigenvalue weighted by Crippen LogP contribution is -2.65. The Balaban J connectivity index is 0.000000304. The van der Waals surface area contributed by atoms with Gasteiger partial charge in [0.25, 0.3) is 0 Å². The van der Waals surface area contributed by atoms with Gasteiger partial charge in [-0.3, -0.25) is 0 Å². The van der Waals surface area contributed by atoms with Gasteiger partial charge in [-0.15, -0.1) is 0 Å². The lowest BCUT2D eigenvalue weighted by atomic mass is 10.1. The van der Waals surface area contributed by atoms with Crippen molar-refractivity contribution >= 4 is 8.56 Å². The number of ether oxygens (including phenoxy) is 4. The van der Waals surface area contributed by atoms with Gasteiger partial charge in [-0.05, 0) is 39.7 Å². The molecule has 8 heteroatoms. The van der Waals surface area contributed by atoms with Crippen molar-refractivity contribution in [1.82, 2.24) is 0 Å². The van der Waals surface area contributed by atoms with Crippen LogP contribution < -0.4 is 0 Å². The minimum absolute atomic E-state index is 0. The summed E-state index contributed by atoms with van der Waals surface area (Å²) in [4.78, 5) is 0. The van der Waals surface area contributed by atoms with Crippen LogP contribution in [0.3, 0.4) is 0 Å². The Morgan fingerprint density at radius 3 is 1.85 bits per heavy atom. The van der Waals surface area contributed by atoms with E-state index in [1.165, 1.54) is 12.8 Å². The molecule has 0 aliphatic carbocycles. The SMILES string of the molecule is C(OCC1CO1)C1CO1.CCOC1(CC)CCCC[Si]1(OCC)OCC.O. The topological polar surface area (TPSA) is 93.5 Å². The molecular formula is C19H40O7Si. The Bertz CT molecular complexity index is 363. The Morgan fingerprint density at radius 1 is 0.889 bits per heavy atom. The summed E-state index contributed by atoms with van der Waals surface area (Å²) in [6.07, 6.45) is 5.35. The highest BCUT2D eigenvalue weighted by molar-refractivity contribution is 6.70. The van der Waals surface area contributed by atoms with E-state index in [1.54, 1.807) is 0 Å². The van der Waals surface area contributed by atoms with Crippen LogP contribution in [-0.4, -0.2) is 77.7 Å². The van der Waals surface area contributed by atoms with Crippen LogP contribution in [0.5, 0.6) is 0 Å². The molecule has 3 saturated heterocycles. The van der Waals surface area contributed by atoms with Gasteiger partial charge in [0.15, 0.2) is 0 Å². The number of hydrogen-bond acceptors (Lipinski definition) is 6. The number of rotatable bonds is 11. The molecule has 3 aliphatic heterocycles. The molecule has 3 fully saturated rings. The normalized spacial score (nSPS) is 30.7. The monoisotopic (exact) mass is 408 g/mol. The largest absolute Gasteiger partial charge is 0.412 e. The molecule has 3 rings (SSSR count). The Morgan fingerprint density at radius 2 is 1.44 bits per heavy atom. The third-order valence-corrected chi connectivity index (χ3v) is 9.85. The maximum absolute atomic E-state index is 6.16. The molecule has 0 radical (unpaired) electrons. The lowest BCUT2D eigenvalue weighted by molar-refractivity contribution is -0.0426. The van der Waals surface area contributed by atoms with E-state index in [2.05, 4.69) is 27.7 Å². The first-order valence-electron chi connectivity index (χ1n) is 10.4. The van der Waals surface area contributed by atoms with E-state index in [0.29, 0.717) is 12.2 Å². The molecule has 162 valence electrons. The molecule has 0 bridgehead atoms. The van der Waals surface area contributed by atoms with Gasteiger partial charge in [0.1, 0.15) is 17.4 Å². The van der Waals surface area contributed by atoms with Crippen LogP contribution in [0.4, 0.5) is 0 Å². The predicted molar refractivity (Wildman–Crippen MR) is 106 cm³/mol. The van der Waals surface area contributed by atoms with Crippen molar-refractivity contribution in [1.29, 1.82) is 0 Å². The van der Waals surface area contributed by atoms with Crippen LogP contribution in [0.1, 0.15) is 53.4 Å². The van der Waals surface area contributed by atoms with E-state index in [1.807, 2.05) is 0 Å². The van der Waals surface area contributed by atoms with Crippen LogP contribution in [-0.2, 0) is 27.8 Å². The van der Waals surface area contributed by atoms with E-state index < -0.39 is 8.56 Å². The zero-order valence-corrected chi connectivity index (χ0v) is 18.6. The molecule has 0 aromatic carbocycles. The highest BCUT2D eigenvalue weighted by atomic mass is 28.4. The van der Waals surface area contributed by atoms with Crippen LogP contribution >= 0.6 is 0 Å². The molecule has 3 aliphatic rings. The molecule has 0 aromatic heterocycles. The van der Waals surface area contributed by atoms with E-state index in [4.69, 9.17) is 27.8 Å². The van der Waals surface area contributed by atoms with Gasteiger partial charge in [-0.25, -0.2) is 0 Å². The zero-order valence-electron chi connectivity index (χ0n) is 17.6. The van der Waals surface area contributed by atoms with Gasteiger partial charge >= 0.3 is 8.56 Å². The van der Waals surface area contributed by atoms with Gasteiger partial charge < -0.3 is 33.3 Å². The highest BCUT2D eigenvalue weighted by Gasteiger charge is 2.58. The van der Waals surface area contributed by atoms with Gasteiger partial charge in [0.2, 0.25) is 0 Å². The predicted octanol–water partition coefficient (Wildman–Crippen LogP) is 2.39. The van der Waals surface area contributed by atoms with Crippen molar-refractivity contribution in [2.75, 3.05) is 46.2 Å². The quantitative estimate of drug-likeness (QED) is 0.385. The van der Waals surface area contributed by atoms with Crippen molar-refractivity contribution in [2.24, 2.45) is 0 Å². The summed E-state index contributed by atoms with van der Waals surface area (Å²) in [6.45, 7) is 13.9. The molecule has 7 nitrogen and oxygen atoms in total. The summed E-state index contributed by atoms with van der Waals surface area (Å²) in [5.41, 5.74) is 0. The van der Waals surface area contributed by atoms with Crippen LogP contribution in [0.15, 0.2) is 0 Å². The van der Waals surface area contributed by atoms with Gasteiger partial charge in [-0.2, -0.15) is 0 Å². The fourth-order valence-corrected chi connectivity index (χ4v) is 8.23. The molecule has 3 heterocycles. The van der Waals surface area contributed by atoms with Crippen molar-refractivity contribution < 1.29 is 33.3 Å². The smallest absolute Gasteiger partial charge is 0.371 e. The minimum Gasteiger partial charge on any atom is -0.412 e. The molecule has 0 saturated carbocycles. The lowest BCUT2D eigenvalue weighted by Gasteiger charge is -2.49. The first kappa shape index (κ1) is 25.0. The van der Waals surface area contributed by atoms with Crippen molar-refractivity contribution in [3.63, 3.8) is 0 Å². The van der Waals surface area contributed by atoms with Gasteiger partial charge in [0, 0.05) is 19.8 Å². The van der Waals surface area contributed by atoms with Crippen molar-refractivity contribution in [3.05, 3.63) is 0 Å². The van der Waals surface area contributed by atoms with Crippen molar-refractivity contribution in [2.45, 2.75) is 76.9 Å². The first-order valence-corrected chi connectivity index (χ1v) is 12.4. The summed E-state index contributed by atoms with van der Waals surface area (Å²) in [5.74, 6) is 0. The molecule has 0 aromatic rings. The second kappa shape index (κ2) is 12.5. The average Bonchev–Trinajstić information content (AvgIpc) is 3.54. The van der Waals surface area contributed by atoms with Crippen LogP contribution in [0, 0.1) is 0 Å². The number of hydrogen-bond donors (Lipinski definition) is 0. The fraction of sp³-hybridized carbons (Fsp3) is 1.00. The maximum atomic E-state index is 6.16. The number of epoxide rings is 2. The third kappa shape index (κ3) is 7.36. The molecule has 3 unspecified atom stereocenters. The van der Waals surface area contributed by atoms with E-state index in [0.717, 1.165) is 65.1 Å². The van der Waals surface area contributed by atoms with Crippen molar-refractivity contribution in [3.8, 4) is 0 Å². The zero-order chi connectivity index (χ0) is 18.9. The third-order valence-electron chi connectivity index (χ3n) is 5.19. The summed E-state index contributed by atoms with van der Waals surface area (Å²) in [7, 11) is -2.21. The maximum Gasteiger partial charge on any atom is 0.371 e. The second-order valence-corrected chi connectivity index (χ2v) is 10.5. The molecule has 27 heavy (non-hydrogen) atoms. The Kier molecular flexibility index (Phi) is 11.6. The molecule has 0 spiro atoms.